The fourth-order valence-corrected chi connectivity index (χ4v) is 3.31. The molecule has 7 heteroatoms. The van der Waals surface area contributed by atoms with Gasteiger partial charge in [0.05, 0.1) is 0 Å². The molecule has 24 heavy (non-hydrogen) atoms. The van der Waals surface area contributed by atoms with Crippen molar-refractivity contribution in [2.45, 2.75) is 50.4 Å². The normalized spacial score (nSPS) is 23.9. The van der Waals surface area contributed by atoms with Crippen molar-refractivity contribution in [3.8, 4) is 0 Å². The average molecular weight is 340 g/mol. The summed E-state index contributed by atoms with van der Waals surface area (Å²) in [7, 11) is 0. The van der Waals surface area contributed by atoms with Crippen molar-refractivity contribution in [3.05, 3.63) is 47.2 Å². The molecule has 2 aliphatic rings. The first-order valence-electron chi connectivity index (χ1n) is 7.99. The molecular formula is C17H19F3N2O2. The Morgan fingerprint density at radius 3 is 2.54 bits per heavy atom. The van der Waals surface area contributed by atoms with Gasteiger partial charge in [0, 0.05) is 17.7 Å². The summed E-state index contributed by atoms with van der Waals surface area (Å²) < 4.78 is 40.7. The predicted molar refractivity (Wildman–Crippen MR) is 81.2 cm³/mol. The molecule has 4 nitrogen and oxygen atoms in total. The molecule has 1 unspecified atom stereocenters. The lowest BCUT2D eigenvalue weighted by Crippen LogP contribution is -2.62. The Bertz CT molecular complexity index is 658. The number of alkyl halides is 3. The third kappa shape index (κ3) is 2.77. The first-order valence-corrected chi connectivity index (χ1v) is 7.99. The number of halogens is 3. The first-order chi connectivity index (χ1) is 11.3. The van der Waals surface area contributed by atoms with E-state index in [1.165, 1.54) is 0 Å². The summed E-state index contributed by atoms with van der Waals surface area (Å²) in [5, 5.41) is 10.8. The number of aryl methyl sites for hydroxylation is 1. The molecule has 0 aromatic heterocycles. The van der Waals surface area contributed by atoms with Crippen LogP contribution in [0.5, 0.6) is 0 Å². The van der Waals surface area contributed by atoms with Gasteiger partial charge < -0.3 is 5.11 Å². The van der Waals surface area contributed by atoms with Gasteiger partial charge in [-0.3, -0.25) is 10.2 Å². The van der Waals surface area contributed by atoms with Crippen molar-refractivity contribution in [2.75, 3.05) is 0 Å². The Balaban J connectivity index is 1.80. The van der Waals surface area contributed by atoms with Gasteiger partial charge in [0.1, 0.15) is 0 Å². The molecule has 1 aromatic carbocycles. The Labute approximate surface area is 137 Å². The number of benzene rings is 1. The van der Waals surface area contributed by atoms with E-state index >= 15 is 0 Å². The molecule has 1 atom stereocenters. The number of carbonyl (C=O) groups is 1. The molecule has 2 N–H and O–H groups in total. The molecule has 0 fully saturated rings. The summed E-state index contributed by atoms with van der Waals surface area (Å²) in [6.07, 6.45) is -2.88. The van der Waals surface area contributed by atoms with Crippen molar-refractivity contribution in [2.24, 2.45) is 0 Å². The van der Waals surface area contributed by atoms with Crippen LogP contribution >= 0.6 is 0 Å². The largest absolute Gasteiger partial charge is 0.442 e. The Kier molecular flexibility index (Phi) is 4.29. The summed E-state index contributed by atoms with van der Waals surface area (Å²) in [4.78, 5) is 12.4. The second kappa shape index (κ2) is 6.12. The number of aliphatic hydroxyl groups is 1. The minimum atomic E-state index is -4.95. The van der Waals surface area contributed by atoms with Crippen LogP contribution in [0.25, 0.3) is 0 Å². The molecule has 0 saturated carbocycles. The van der Waals surface area contributed by atoms with Crippen LogP contribution in [0.2, 0.25) is 0 Å². The lowest BCUT2D eigenvalue weighted by molar-refractivity contribution is -0.294. The smallest absolute Gasteiger partial charge is 0.359 e. The van der Waals surface area contributed by atoms with E-state index in [1.54, 1.807) is 12.1 Å². The van der Waals surface area contributed by atoms with E-state index in [1.807, 2.05) is 18.2 Å². The third-order valence-corrected chi connectivity index (χ3v) is 4.57. The number of carbonyl (C=O) groups excluding carboxylic acids is 1. The summed E-state index contributed by atoms with van der Waals surface area (Å²) in [5.74, 6) is -0.770. The zero-order valence-corrected chi connectivity index (χ0v) is 13.1. The average Bonchev–Trinajstić information content (AvgIpc) is 2.88. The van der Waals surface area contributed by atoms with Gasteiger partial charge in [0.2, 0.25) is 5.91 Å². The van der Waals surface area contributed by atoms with Gasteiger partial charge in [-0.05, 0) is 37.7 Å². The van der Waals surface area contributed by atoms with Crippen molar-refractivity contribution in [1.82, 2.24) is 10.4 Å². The van der Waals surface area contributed by atoms with Crippen LogP contribution in [0.1, 0.15) is 37.7 Å². The van der Waals surface area contributed by atoms with Crippen molar-refractivity contribution in [3.63, 3.8) is 0 Å². The van der Waals surface area contributed by atoms with Gasteiger partial charge in [0.15, 0.2) is 0 Å². The van der Waals surface area contributed by atoms with Gasteiger partial charge in [-0.2, -0.15) is 13.2 Å². The lowest BCUT2D eigenvalue weighted by atomic mass is 9.89. The third-order valence-electron chi connectivity index (χ3n) is 4.57. The van der Waals surface area contributed by atoms with E-state index in [4.69, 9.17) is 0 Å². The summed E-state index contributed by atoms with van der Waals surface area (Å²) in [5.41, 5.74) is 0.351. The van der Waals surface area contributed by atoms with Crippen molar-refractivity contribution < 1.29 is 23.1 Å². The first kappa shape index (κ1) is 16.8. The van der Waals surface area contributed by atoms with Gasteiger partial charge in [-0.1, -0.05) is 30.3 Å². The summed E-state index contributed by atoms with van der Waals surface area (Å²) in [6, 6.07) is 9.06. The van der Waals surface area contributed by atoms with Crippen molar-refractivity contribution in [1.29, 1.82) is 0 Å². The predicted octanol–water partition coefficient (Wildman–Crippen LogP) is 3.05. The highest BCUT2D eigenvalue weighted by atomic mass is 19.4. The maximum Gasteiger partial charge on any atom is 0.442 e. The van der Waals surface area contributed by atoms with Gasteiger partial charge >= 0.3 is 6.18 Å². The Morgan fingerprint density at radius 1 is 1.21 bits per heavy atom. The molecule has 1 amide bonds. The highest BCUT2D eigenvalue weighted by Gasteiger charge is 2.65. The molecule has 130 valence electrons. The number of amides is 1. The monoisotopic (exact) mass is 340 g/mol. The maximum absolute atomic E-state index is 13.6. The molecule has 3 rings (SSSR count). The van der Waals surface area contributed by atoms with Crippen LogP contribution in [0, 0.1) is 0 Å². The van der Waals surface area contributed by atoms with Crippen LogP contribution in [0.4, 0.5) is 13.2 Å². The van der Waals surface area contributed by atoms with Crippen LogP contribution in [0.3, 0.4) is 0 Å². The summed E-state index contributed by atoms with van der Waals surface area (Å²) >= 11 is 0. The number of allylic oxidation sites excluding steroid dienone is 1. The fraction of sp³-hybridized carbons (Fsp3) is 0.471. The minimum Gasteiger partial charge on any atom is -0.359 e. The number of nitrogens with one attached hydrogen (secondary N) is 1. The van der Waals surface area contributed by atoms with E-state index in [-0.39, 0.29) is 18.4 Å². The van der Waals surface area contributed by atoms with E-state index in [9.17, 15) is 23.1 Å². The number of hydrogen-bond donors (Lipinski definition) is 2. The second-order valence-corrected chi connectivity index (χ2v) is 6.16. The van der Waals surface area contributed by atoms with Crippen LogP contribution in [0.15, 0.2) is 41.6 Å². The van der Waals surface area contributed by atoms with Crippen LogP contribution in [-0.4, -0.2) is 27.9 Å². The molecule has 1 aromatic rings. The standard InChI is InChI=1S/C17H19F3N2O2/c18-17(19,20)16(24)13-8-4-5-9-14(13)21-22(16)15(23)11-10-12-6-2-1-3-7-12/h1-3,6-7,21,24H,4-5,8-11H2. The molecular weight excluding hydrogens is 321 g/mol. The summed E-state index contributed by atoms with van der Waals surface area (Å²) in [6.45, 7) is 0. The molecule has 0 radical (unpaired) electrons. The maximum atomic E-state index is 13.6. The molecule has 0 bridgehead atoms. The molecule has 1 heterocycles. The number of hydrazine groups is 1. The molecule has 1 aliphatic carbocycles. The van der Waals surface area contributed by atoms with Gasteiger partial charge in [-0.25, -0.2) is 5.01 Å². The van der Waals surface area contributed by atoms with Gasteiger partial charge in [0.25, 0.3) is 5.72 Å². The van der Waals surface area contributed by atoms with Gasteiger partial charge in [-0.15, -0.1) is 0 Å². The SMILES string of the molecule is O=C(CCc1ccccc1)N1NC2=C(CCCC2)C1(O)C(F)(F)F. The minimum absolute atomic E-state index is 0.115. The Hall–Kier alpha value is -2.02. The zero-order valence-electron chi connectivity index (χ0n) is 13.1. The number of rotatable bonds is 3. The Morgan fingerprint density at radius 2 is 1.88 bits per heavy atom. The topological polar surface area (TPSA) is 52.6 Å². The molecule has 0 spiro atoms. The fourth-order valence-electron chi connectivity index (χ4n) is 3.31. The highest BCUT2D eigenvalue weighted by molar-refractivity contribution is 5.78. The van der Waals surface area contributed by atoms with E-state index in [0.717, 1.165) is 12.0 Å². The second-order valence-electron chi connectivity index (χ2n) is 6.16. The zero-order chi connectivity index (χ0) is 17.4. The van der Waals surface area contributed by atoms with E-state index < -0.39 is 17.8 Å². The van der Waals surface area contributed by atoms with E-state index in [2.05, 4.69) is 5.43 Å². The highest BCUT2D eigenvalue weighted by Crippen LogP contribution is 2.47. The number of nitrogens with zero attached hydrogens (tertiary/aromatic N) is 1. The van der Waals surface area contributed by atoms with Crippen LogP contribution in [-0.2, 0) is 11.2 Å². The quantitative estimate of drug-likeness (QED) is 0.889. The van der Waals surface area contributed by atoms with E-state index in [0.29, 0.717) is 30.0 Å². The number of hydrogen-bond acceptors (Lipinski definition) is 3. The van der Waals surface area contributed by atoms with Crippen LogP contribution < -0.4 is 5.43 Å². The lowest BCUT2D eigenvalue weighted by Gasteiger charge is -2.36. The molecule has 1 aliphatic heterocycles. The molecule has 0 saturated heterocycles. The van der Waals surface area contributed by atoms with Crippen molar-refractivity contribution >= 4 is 5.91 Å².